The maximum atomic E-state index is 12.6. The second kappa shape index (κ2) is 10.9. The highest BCUT2D eigenvalue weighted by Crippen LogP contribution is 2.37. The van der Waals surface area contributed by atoms with E-state index in [0.717, 1.165) is 29.7 Å². The first-order valence-electron chi connectivity index (χ1n) is 11.8. The molecule has 0 saturated heterocycles. The van der Waals surface area contributed by atoms with Gasteiger partial charge in [-0.05, 0) is 51.6 Å². The normalized spacial score (nSPS) is 11.6. The van der Waals surface area contributed by atoms with Crippen LogP contribution in [0.5, 0.6) is 0 Å². The number of hydrogen-bond donors (Lipinski definition) is 2. The minimum absolute atomic E-state index is 0.127. The molecule has 1 N–H and O–H groups in total. The maximum Gasteiger partial charge on any atom is 0.224 e. The lowest BCUT2D eigenvalue weighted by Crippen LogP contribution is -2.11. The summed E-state index contributed by atoms with van der Waals surface area (Å²) in [5.41, 5.74) is 0.928. The molecule has 0 spiro atoms. The summed E-state index contributed by atoms with van der Waals surface area (Å²) < 4.78 is 0. The maximum absolute atomic E-state index is 12.6. The Kier molecular flexibility index (Phi) is 7.69. The van der Waals surface area contributed by atoms with Crippen molar-refractivity contribution in [3.05, 3.63) is 54.6 Å². The van der Waals surface area contributed by atoms with Gasteiger partial charge in [0.15, 0.2) is 0 Å². The Morgan fingerprint density at radius 3 is 1.87 bits per heavy atom. The molecular weight excluding hydrogens is 398 g/mol. The molecule has 1 amide bonds. The topological polar surface area (TPSA) is 29.1 Å². The van der Waals surface area contributed by atoms with E-state index in [1.54, 1.807) is 0 Å². The van der Waals surface area contributed by atoms with E-state index in [2.05, 4.69) is 66.5 Å². The van der Waals surface area contributed by atoms with Gasteiger partial charge < -0.3 is 5.32 Å². The van der Waals surface area contributed by atoms with Crippen molar-refractivity contribution >= 4 is 56.5 Å². The molecule has 0 fully saturated rings. The molecule has 0 atom stereocenters. The van der Waals surface area contributed by atoms with Gasteiger partial charge in [-0.3, -0.25) is 4.79 Å². The van der Waals surface area contributed by atoms with Crippen molar-refractivity contribution in [1.82, 2.24) is 0 Å². The van der Waals surface area contributed by atoms with Crippen LogP contribution >= 0.6 is 12.6 Å². The minimum atomic E-state index is 0.127. The molecule has 4 rings (SSSR count). The summed E-state index contributed by atoms with van der Waals surface area (Å²) in [6.07, 6.45) is 11.8. The Balaban J connectivity index is 1.30. The quantitative estimate of drug-likeness (QED) is 0.132. The number of unbranched alkanes of at least 4 members (excludes halogenated alkanes) is 8. The predicted molar refractivity (Wildman–Crippen MR) is 139 cm³/mol. The van der Waals surface area contributed by atoms with Crippen LogP contribution in [0.25, 0.3) is 32.3 Å². The van der Waals surface area contributed by atoms with Gasteiger partial charge in [0, 0.05) is 17.5 Å². The van der Waals surface area contributed by atoms with E-state index in [1.165, 1.54) is 71.9 Å². The molecule has 3 heteroatoms. The van der Waals surface area contributed by atoms with Crippen LogP contribution in [-0.4, -0.2) is 11.7 Å². The lowest BCUT2D eigenvalue weighted by atomic mass is 9.93. The Bertz CT molecular complexity index is 1120. The Hall–Kier alpha value is -2.26. The third kappa shape index (κ3) is 5.33. The van der Waals surface area contributed by atoms with Crippen LogP contribution in [0.2, 0.25) is 0 Å². The Morgan fingerprint density at radius 2 is 1.19 bits per heavy atom. The van der Waals surface area contributed by atoms with Crippen molar-refractivity contribution in [2.75, 3.05) is 11.1 Å². The number of hydrogen-bond acceptors (Lipinski definition) is 2. The van der Waals surface area contributed by atoms with Gasteiger partial charge in [-0.15, -0.1) is 0 Å². The summed E-state index contributed by atoms with van der Waals surface area (Å²) in [5.74, 6) is 1.14. The Labute approximate surface area is 191 Å². The molecule has 0 unspecified atom stereocenters. The highest BCUT2D eigenvalue weighted by Gasteiger charge is 2.12. The van der Waals surface area contributed by atoms with Crippen LogP contribution in [0.3, 0.4) is 0 Å². The molecule has 31 heavy (non-hydrogen) atoms. The molecule has 0 aliphatic rings. The van der Waals surface area contributed by atoms with Crippen molar-refractivity contribution in [2.45, 2.75) is 64.2 Å². The van der Waals surface area contributed by atoms with Crippen LogP contribution < -0.4 is 5.32 Å². The first-order valence-corrected chi connectivity index (χ1v) is 12.5. The fourth-order valence-electron chi connectivity index (χ4n) is 4.69. The van der Waals surface area contributed by atoms with Gasteiger partial charge in [0.05, 0.1) is 0 Å². The van der Waals surface area contributed by atoms with Crippen molar-refractivity contribution in [2.24, 2.45) is 0 Å². The average molecular weight is 432 g/mol. The summed E-state index contributed by atoms with van der Waals surface area (Å²) in [6, 6.07) is 19.3. The number of amides is 1. The van der Waals surface area contributed by atoms with Crippen LogP contribution in [-0.2, 0) is 4.79 Å². The molecule has 0 bridgehead atoms. The summed E-state index contributed by atoms with van der Waals surface area (Å²) >= 11 is 4.26. The summed E-state index contributed by atoms with van der Waals surface area (Å²) in [7, 11) is 0. The van der Waals surface area contributed by atoms with Crippen LogP contribution in [0.1, 0.15) is 64.2 Å². The van der Waals surface area contributed by atoms with E-state index in [0.29, 0.717) is 6.42 Å². The molecule has 0 aromatic heterocycles. The summed E-state index contributed by atoms with van der Waals surface area (Å²) in [4.78, 5) is 12.6. The van der Waals surface area contributed by atoms with Gasteiger partial charge in [0.2, 0.25) is 5.91 Å². The third-order valence-corrected chi connectivity index (χ3v) is 6.68. The first kappa shape index (κ1) is 22.0. The number of carbonyl (C=O) groups excluding carboxylic acids is 1. The number of rotatable bonds is 12. The van der Waals surface area contributed by atoms with Gasteiger partial charge in [-0.1, -0.05) is 93.5 Å². The zero-order chi connectivity index (χ0) is 21.5. The van der Waals surface area contributed by atoms with E-state index in [4.69, 9.17) is 0 Å². The van der Waals surface area contributed by atoms with E-state index in [9.17, 15) is 4.79 Å². The molecular formula is C28H33NOS. The Morgan fingerprint density at radius 1 is 0.645 bits per heavy atom. The average Bonchev–Trinajstić information content (AvgIpc) is 2.79. The molecule has 162 valence electrons. The van der Waals surface area contributed by atoms with Crippen LogP contribution in [0.15, 0.2) is 54.6 Å². The van der Waals surface area contributed by atoms with Crippen molar-refractivity contribution in [1.29, 1.82) is 0 Å². The smallest absolute Gasteiger partial charge is 0.224 e. The van der Waals surface area contributed by atoms with Gasteiger partial charge >= 0.3 is 0 Å². The first-order chi connectivity index (χ1) is 15.3. The lowest BCUT2D eigenvalue weighted by molar-refractivity contribution is -0.116. The van der Waals surface area contributed by atoms with Gasteiger partial charge in [-0.25, -0.2) is 0 Å². The van der Waals surface area contributed by atoms with Gasteiger partial charge in [0.25, 0.3) is 0 Å². The van der Waals surface area contributed by atoms with Crippen molar-refractivity contribution in [3.63, 3.8) is 0 Å². The molecule has 0 aliphatic heterocycles. The number of thiol groups is 1. The molecule has 0 radical (unpaired) electrons. The monoisotopic (exact) mass is 431 g/mol. The minimum Gasteiger partial charge on any atom is -0.326 e. The molecule has 0 saturated carbocycles. The van der Waals surface area contributed by atoms with Crippen molar-refractivity contribution in [3.8, 4) is 0 Å². The number of anilines is 1. The second-order valence-electron chi connectivity index (χ2n) is 8.67. The van der Waals surface area contributed by atoms with E-state index >= 15 is 0 Å². The molecule has 0 aliphatic carbocycles. The molecule has 0 heterocycles. The highest BCUT2D eigenvalue weighted by molar-refractivity contribution is 7.80. The molecule has 4 aromatic rings. The lowest BCUT2D eigenvalue weighted by Gasteiger charge is -2.14. The van der Waals surface area contributed by atoms with Gasteiger partial charge in [0.1, 0.15) is 0 Å². The zero-order valence-corrected chi connectivity index (χ0v) is 19.2. The SMILES string of the molecule is O=C(CCCCCCCCCCCS)Nc1ccc2ccc3cccc4ccc1c2c34. The largest absolute Gasteiger partial charge is 0.326 e. The number of carbonyl (C=O) groups is 1. The van der Waals surface area contributed by atoms with Crippen LogP contribution in [0.4, 0.5) is 5.69 Å². The summed E-state index contributed by atoms with van der Waals surface area (Å²) in [5, 5.41) is 10.6. The fourth-order valence-corrected chi connectivity index (χ4v) is 4.92. The molecule has 2 nitrogen and oxygen atoms in total. The number of benzene rings is 4. The zero-order valence-electron chi connectivity index (χ0n) is 18.3. The third-order valence-electron chi connectivity index (χ3n) is 6.36. The predicted octanol–water partition coefficient (Wildman–Crippen LogP) is 8.35. The van der Waals surface area contributed by atoms with Gasteiger partial charge in [-0.2, -0.15) is 12.6 Å². The van der Waals surface area contributed by atoms with Crippen LogP contribution in [0, 0.1) is 0 Å². The standard InChI is InChI=1S/C28H33NOS/c30-26(13-8-6-4-2-1-3-5-7-9-20-31)29-25-19-17-23-15-14-21-11-10-12-22-16-18-24(25)28(23)27(21)22/h10-12,14-19,31H,1-9,13,20H2,(H,29,30). The highest BCUT2D eigenvalue weighted by atomic mass is 32.1. The molecule has 4 aromatic carbocycles. The second-order valence-corrected chi connectivity index (χ2v) is 9.12. The number of nitrogens with one attached hydrogen (secondary N) is 1. The van der Waals surface area contributed by atoms with E-state index in [-0.39, 0.29) is 5.91 Å². The van der Waals surface area contributed by atoms with Crippen molar-refractivity contribution < 1.29 is 4.79 Å². The van der Waals surface area contributed by atoms with E-state index < -0.39 is 0 Å². The fraction of sp³-hybridized carbons (Fsp3) is 0.393. The summed E-state index contributed by atoms with van der Waals surface area (Å²) in [6.45, 7) is 0. The van der Waals surface area contributed by atoms with E-state index in [1.807, 2.05) is 6.07 Å².